The molecular weight excluding hydrogens is 296 g/mol. The van der Waals surface area contributed by atoms with Gasteiger partial charge >= 0.3 is 0 Å². The molecule has 3 heteroatoms. The monoisotopic (exact) mass is 318 g/mol. The second-order valence-electron chi connectivity index (χ2n) is 5.83. The number of anilines is 2. The maximum Gasteiger partial charge on any atom is 0.127 e. The highest BCUT2D eigenvalue weighted by Crippen LogP contribution is 2.33. The van der Waals surface area contributed by atoms with Gasteiger partial charge in [-0.25, -0.2) is 0 Å². The van der Waals surface area contributed by atoms with Crippen LogP contribution in [0.3, 0.4) is 0 Å². The molecule has 0 aliphatic heterocycles. The van der Waals surface area contributed by atoms with Crippen molar-refractivity contribution in [2.45, 2.75) is 19.8 Å². The van der Waals surface area contributed by atoms with Crippen LogP contribution in [0.5, 0.6) is 11.5 Å². The Bertz CT molecular complexity index is 825. The van der Waals surface area contributed by atoms with Crippen molar-refractivity contribution in [1.82, 2.24) is 0 Å². The van der Waals surface area contributed by atoms with Crippen molar-refractivity contribution < 1.29 is 4.74 Å². The lowest BCUT2D eigenvalue weighted by Crippen LogP contribution is -1.95. The number of aryl methyl sites for hydroxylation is 1. The normalized spacial score (nSPS) is 10.5. The van der Waals surface area contributed by atoms with Gasteiger partial charge in [0.05, 0.1) is 0 Å². The highest BCUT2D eigenvalue weighted by atomic mass is 16.5. The molecule has 4 N–H and O–H groups in total. The summed E-state index contributed by atoms with van der Waals surface area (Å²) in [6.45, 7) is 2.17. The molecule has 0 spiro atoms. The third kappa shape index (κ3) is 3.51. The van der Waals surface area contributed by atoms with Gasteiger partial charge in [-0.3, -0.25) is 0 Å². The summed E-state index contributed by atoms with van der Waals surface area (Å²) in [7, 11) is 0. The molecule has 0 saturated heterocycles. The standard InChI is InChI=1S/C21H22N2O/c1-2-5-15-14-18(24-17-10-8-16(22)9-11-17)12-13-19(15)20-6-3-4-7-21(20)23/h3-4,6-14H,2,5,22-23H2,1H3. The van der Waals surface area contributed by atoms with Crippen LogP contribution < -0.4 is 16.2 Å². The number of nitrogens with two attached hydrogens (primary N) is 2. The van der Waals surface area contributed by atoms with E-state index < -0.39 is 0 Å². The van der Waals surface area contributed by atoms with Gasteiger partial charge in [0.25, 0.3) is 0 Å². The number of ether oxygens (including phenoxy) is 1. The number of hydrogen-bond acceptors (Lipinski definition) is 3. The van der Waals surface area contributed by atoms with Gasteiger partial charge in [-0.05, 0) is 60.0 Å². The van der Waals surface area contributed by atoms with Gasteiger partial charge in [0.1, 0.15) is 11.5 Å². The molecule has 0 amide bonds. The van der Waals surface area contributed by atoms with E-state index in [4.69, 9.17) is 16.2 Å². The summed E-state index contributed by atoms with van der Waals surface area (Å²) in [5.74, 6) is 1.60. The third-order valence-corrected chi connectivity index (χ3v) is 3.96. The minimum atomic E-state index is 0.726. The molecule has 3 aromatic rings. The fourth-order valence-corrected chi connectivity index (χ4v) is 2.79. The van der Waals surface area contributed by atoms with E-state index in [-0.39, 0.29) is 0 Å². The topological polar surface area (TPSA) is 61.3 Å². The Morgan fingerprint density at radius 2 is 1.50 bits per heavy atom. The highest BCUT2D eigenvalue weighted by molar-refractivity contribution is 5.79. The van der Waals surface area contributed by atoms with Crippen molar-refractivity contribution in [3.8, 4) is 22.6 Å². The van der Waals surface area contributed by atoms with Gasteiger partial charge in [-0.15, -0.1) is 0 Å². The maximum absolute atomic E-state index is 6.15. The molecule has 0 aromatic heterocycles. The van der Waals surface area contributed by atoms with Gasteiger partial charge < -0.3 is 16.2 Å². The maximum atomic E-state index is 6.15. The second kappa shape index (κ2) is 7.09. The molecule has 0 heterocycles. The zero-order valence-electron chi connectivity index (χ0n) is 13.8. The minimum absolute atomic E-state index is 0.726. The van der Waals surface area contributed by atoms with E-state index >= 15 is 0 Å². The van der Waals surface area contributed by atoms with Gasteiger partial charge in [0.2, 0.25) is 0 Å². The van der Waals surface area contributed by atoms with Crippen molar-refractivity contribution in [3.05, 3.63) is 72.3 Å². The number of nitrogen functional groups attached to an aromatic ring is 2. The summed E-state index contributed by atoms with van der Waals surface area (Å²) in [5, 5.41) is 0. The smallest absolute Gasteiger partial charge is 0.127 e. The van der Waals surface area contributed by atoms with Crippen LogP contribution >= 0.6 is 0 Å². The van der Waals surface area contributed by atoms with E-state index in [0.717, 1.165) is 41.3 Å². The average molecular weight is 318 g/mol. The summed E-state index contributed by atoms with van der Waals surface area (Å²) in [6, 6.07) is 21.5. The molecule has 3 rings (SSSR count). The van der Waals surface area contributed by atoms with E-state index in [0.29, 0.717) is 0 Å². The van der Waals surface area contributed by atoms with Crippen LogP contribution in [0.25, 0.3) is 11.1 Å². The molecule has 24 heavy (non-hydrogen) atoms. The Morgan fingerprint density at radius 1 is 0.792 bits per heavy atom. The van der Waals surface area contributed by atoms with Gasteiger partial charge in [-0.1, -0.05) is 37.6 Å². The van der Waals surface area contributed by atoms with Crippen molar-refractivity contribution in [2.75, 3.05) is 11.5 Å². The number of rotatable bonds is 5. The Labute approximate surface area is 142 Å². The van der Waals surface area contributed by atoms with E-state index in [9.17, 15) is 0 Å². The van der Waals surface area contributed by atoms with Gasteiger partial charge in [0, 0.05) is 16.9 Å². The van der Waals surface area contributed by atoms with Crippen LogP contribution in [-0.4, -0.2) is 0 Å². The molecule has 3 aromatic carbocycles. The highest BCUT2D eigenvalue weighted by Gasteiger charge is 2.09. The second-order valence-corrected chi connectivity index (χ2v) is 5.83. The van der Waals surface area contributed by atoms with E-state index in [1.165, 1.54) is 11.1 Å². The summed E-state index contributed by atoms with van der Waals surface area (Å²) in [5.41, 5.74) is 16.9. The van der Waals surface area contributed by atoms with E-state index in [1.807, 2.05) is 48.5 Å². The SMILES string of the molecule is CCCc1cc(Oc2ccc(N)cc2)ccc1-c1ccccc1N. The van der Waals surface area contributed by atoms with E-state index in [1.54, 1.807) is 0 Å². The largest absolute Gasteiger partial charge is 0.457 e. The Kier molecular flexibility index (Phi) is 4.71. The zero-order chi connectivity index (χ0) is 16.9. The van der Waals surface area contributed by atoms with Crippen LogP contribution in [0.15, 0.2) is 66.7 Å². The fraction of sp³-hybridized carbons (Fsp3) is 0.143. The van der Waals surface area contributed by atoms with Crippen molar-refractivity contribution in [3.63, 3.8) is 0 Å². The Balaban J connectivity index is 1.95. The zero-order valence-corrected chi connectivity index (χ0v) is 13.8. The van der Waals surface area contributed by atoms with Gasteiger partial charge in [-0.2, -0.15) is 0 Å². The predicted molar refractivity (Wildman–Crippen MR) is 101 cm³/mol. The third-order valence-electron chi connectivity index (χ3n) is 3.96. The Hall–Kier alpha value is -2.94. The van der Waals surface area contributed by atoms with Crippen LogP contribution in [-0.2, 0) is 6.42 Å². The van der Waals surface area contributed by atoms with Gasteiger partial charge in [0.15, 0.2) is 0 Å². The lowest BCUT2D eigenvalue weighted by atomic mass is 9.95. The molecule has 0 atom stereocenters. The molecule has 3 nitrogen and oxygen atoms in total. The van der Waals surface area contributed by atoms with Crippen LogP contribution in [0, 0.1) is 0 Å². The lowest BCUT2D eigenvalue weighted by molar-refractivity contribution is 0.482. The van der Waals surface area contributed by atoms with Crippen molar-refractivity contribution in [1.29, 1.82) is 0 Å². The quantitative estimate of drug-likeness (QED) is 0.630. The van der Waals surface area contributed by atoms with Crippen molar-refractivity contribution in [2.24, 2.45) is 0 Å². The first-order chi connectivity index (χ1) is 11.7. The van der Waals surface area contributed by atoms with Crippen molar-refractivity contribution >= 4 is 11.4 Å². The molecule has 0 radical (unpaired) electrons. The first kappa shape index (κ1) is 15.9. The first-order valence-electron chi connectivity index (χ1n) is 8.18. The molecule has 0 saturated carbocycles. The van der Waals surface area contributed by atoms with Crippen LogP contribution in [0.1, 0.15) is 18.9 Å². The molecule has 122 valence electrons. The summed E-state index contributed by atoms with van der Waals surface area (Å²) < 4.78 is 5.95. The number of hydrogen-bond donors (Lipinski definition) is 2. The minimum Gasteiger partial charge on any atom is -0.457 e. The molecule has 0 fully saturated rings. The molecule has 0 aliphatic carbocycles. The fourth-order valence-electron chi connectivity index (χ4n) is 2.79. The lowest BCUT2D eigenvalue weighted by Gasteiger charge is -2.14. The average Bonchev–Trinajstić information content (AvgIpc) is 2.58. The molecule has 0 unspecified atom stereocenters. The predicted octanol–water partition coefficient (Wildman–Crippen LogP) is 5.26. The molecule has 0 bridgehead atoms. The van der Waals surface area contributed by atoms with Crippen LogP contribution in [0.4, 0.5) is 11.4 Å². The molecular formula is C21H22N2O. The summed E-state index contributed by atoms with van der Waals surface area (Å²) >= 11 is 0. The van der Waals surface area contributed by atoms with E-state index in [2.05, 4.69) is 25.1 Å². The first-order valence-corrected chi connectivity index (χ1v) is 8.18. The summed E-state index contributed by atoms with van der Waals surface area (Å²) in [6.07, 6.45) is 2.04. The Morgan fingerprint density at radius 3 is 2.21 bits per heavy atom. The van der Waals surface area contributed by atoms with Crippen LogP contribution in [0.2, 0.25) is 0 Å². The molecule has 0 aliphatic rings. The summed E-state index contributed by atoms with van der Waals surface area (Å²) in [4.78, 5) is 0. The number of para-hydroxylation sites is 1. The number of benzene rings is 3.